The molecular weight excluding hydrogens is 441 g/mol. The number of halogens is 1. The van der Waals surface area contributed by atoms with E-state index in [0.29, 0.717) is 21.8 Å². The van der Waals surface area contributed by atoms with E-state index in [-0.39, 0.29) is 29.3 Å². The van der Waals surface area contributed by atoms with Gasteiger partial charge in [0, 0.05) is 22.9 Å². The monoisotopic (exact) mass is 465 g/mol. The number of amides is 3. The lowest BCUT2D eigenvalue weighted by Gasteiger charge is -2.21. The van der Waals surface area contributed by atoms with Crippen molar-refractivity contribution >= 4 is 46.1 Å². The van der Waals surface area contributed by atoms with Crippen LogP contribution in [0.1, 0.15) is 52.1 Å². The lowest BCUT2D eigenvalue weighted by molar-refractivity contribution is -0.120. The Balaban J connectivity index is 1.38. The van der Waals surface area contributed by atoms with Gasteiger partial charge in [0.25, 0.3) is 11.8 Å². The molecule has 0 spiro atoms. The minimum absolute atomic E-state index is 0.0509. The van der Waals surface area contributed by atoms with Gasteiger partial charge < -0.3 is 16.0 Å². The summed E-state index contributed by atoms with van der Waals surface area (Å²) in [5, 5.41) is 9.99. The predicted octanol–water partition coefficient (Wildman–Crippen LogP) is 5.91. The number of carbonyl (C=O) groups is 3. The van der Waals surface area contributed by atoms with Gasteiger partial charge in [-0.1, -0.05) is 25.3 Å². The third-order valence-electron chi connectivity index (χ3n) is 5.61. The molecule has 2 aromatic carbocycles. The van der Waals surface area contributed by atoms with E-state index in [0.717, 1.165) is 32.1 Å². The fourth-order valence-corrected chi connectivity index (χ4v) is 4.43. The van der Waals surface area contributed by atoms with Gasteiger partial charge in [-0.15, -0.1) is 11.3 Å². The fraction of sp³-hybridized carbons (Fsp3) is 0.240. The Morgan fingerprint density at radius 2 is 1.52 bits per heavy atom. The van der Waals surface area contributed by atoms with Crippen molar-refractivity contribution in [3.63, 3.8) is 0 Å². The van der Waals surface area contributed by atoms with E-state index in [9.17, 15) is 18.8 Å². The Morgan fingerprint density at radius 3 is 2.21 bits per heavy atom. The van der Waals surface area contributed by atoms with Crippen molar-refractivity contribution in [2.24, 2.45) is 5.92 Å². The summed E-state index contributed by atoms with van der Waals surface area (Å²) in [4.78, 5) is 37.8. The number of anilines is 3. The first-order valence-electron chi connectivity index (χ1n) is 10.9. The molecule has 1 saturated carbocycles. The Kier molecular flexibility index (Phi) is 7.14. The van der Waals surface area contributed by atoms with Crippen molar-refractivity contribution < 1.29 is 18.8 Å². The summed E-state index contributed by atoms with van der Waals surface area (Å²) in [6.07, 6.45) is 4.77. The van der Waals surface area contributed by atoms with E-state index in [4.69, 9.17) is 0 Å². The smallest absolute Gasteiger partial charge is 0.265 e. The van der Waals surface area contributed by atoms with Crippen LogP contribution in [-0.2, 0) is 4.79 Å². The first-order valence-corrected chi connectivity index (χ1v) is 11.7. The molecule has 33 heavy (non-hydrogen) atoms. The summed E-state index contributed by atoms with van der Waals surface area (Å²) in [7, 11) is 0. The van der Waals surface area contributed by atoms with Crippen LogP contribution in [0.5, 0.6) is 0 Å². The zero-order valence-corrected chi connectivity index (χ0v) is 18.7. The minimum atomic E-state index is -0.553. The van der Waals surface area contributed by atoms with E-state index in [2.05, 4.69) is 16.0 Å². The van der Waals surface area contributed by atoms with Crippen molar-refractivity contribution in [3.8, 4) is 0 Å². The summed E-state index contributed by atoms with van der Waals surface area (Å²) in [6.45, 7) is 0. The molecule has 0 aliphatic heterocycles. The maximum absolute atomic E-state index is 14.2. The number of rotatable bonds is 6. The molecule has 170 valence electrons. The van der Waals surface area contributed by atoms with E-state index in [1.165, 1.54) is 29.5 Å². The molecule has 3 N–H and O–H groups in total. The average molecular weight is 466 g/mol. The maximum Gasteiger partial charge on any atom is 0.265 e. The summed E-state index contributed by atoms with van der Waals surface area (Å²) < 4.78 is 14.2. The standard InChI is InChI=1S/C25H24FN3O3S/c26-20-13-12-19(15-21(20)29-24(31)16-5-2-1-3-6-16)28-23(30)17-8-10-18(11-9-17)27-25(32)22-7-4-14-33-22/h4,7-16H,1-3,5-6H2,(H,27,32)(H,28,30)(H,29,31). The predicted molar refractivity (Wildman–Crippen MR) is 128 cm³/mol. The highest BCUT2D eigenvalue weighted by Gasteiger charge is 2.22. The third kappa shape index (κ3) is 5.84. The highest BCUT2D eigenvalue weighted by atomic mass is 32.1. The second-order valence-electron chi connectivity index (χ2n) is 7.98. The molecule has 3 aromatic rings. The SMILES string of the molecule is O=C(Nc1ccc(F)c(NC(=O)C2CCCCC2)c1)c1ccc(NC(=O)c2cccs2)cc1. The number of thiophene rings is 1. The summed E-state index contributed by atoms with van der Waals surface area (Å²) >= 11 is 1.34. The van der Waals surface area contributed by atoms with Crippen molar-refractivity contribution in [3.05, 3.63) is 76.2 Å². The van der Waals surface area contributed by atoms with Crippen molar-refractivity contribution in [2.75, 3.05) is 16.0 Å². The van der Waals surface area contributed by atoms with Crippen molar-refractivity contribution in [2.45, 2.75) is 32.1 Å². The number of hydrogen-bond donors (Lipinski definition) is 3. The minimum Gasteiger partial charge on any atom is -0.323 e. The van der Waals surface area contributed by atoms with Crippen LogP contribution in [0, 0.1) is 11.7 Å². The van der Waals surface area contributed by atoms with Crippen LogP contribution in [0.4, 0.5) is 21.5 Å². The maximum atomic E-state index is 14.2. The first-order chi connectivity index (χ1) is 16.0. The largest absolute Gasteiger partial charge is 0.323 e. The van der Waals surface area contributed by atoms with Gasteiger partial charge in [-0.2, -0.15) is 0 Å². The zero-order chi connectivity index (χ0) is 23.2. The molecule has 1 aromatic heterocycles. The van der Waals surface area contributed by atoms with Gasteiger partial charge in [-0.25, -0.2) is 4.39 Å². The van der Waals surface area contributed by atoms with E-state index in [1.54, 1.807) is 36.4 Å². The normalized spacial score (nSPS) is 13.8. The molecule has 1 heterocycles. The second kappa shape index (κ2) is 10.4. The molecule has 0 radical (unpaired) electrons. The van der Waals surface area contributed by atoms with Crippen LogP contribution in [0.25, 0.3) is 0 Å². The van der Waals surface area contributed by atoms with Crippen LogP contribution in [0.15, 0.2) is 60.0 Å². The number of benzene rings is 2. The molecule has 6 nitrogen and oxygen atoms in total. The van der Waals surface area contributed by atoms with Crippen LogP contribution in [-0.4, -0.2) is 17.7 Å². The quantitative estimate of drug-likeness (QED) is 0.423. The Labute approximate surface area is 195 Å². The molecular formula is C25H24FN3O3S. The number of nitrogens with one attached hydrogen (secondary N) is 3. The molecule has 8 heteroatoms. The van der Waals surface area contributed by atoms with Crippen LogP contribution in [0.2, 0.25) is 0 Å². The van der Waals surface area contributed by atoms with Gasteiger partial charge in [0.1, 0.15) is 5.82 Å². The first kappa shape index (κ1) is 22.7. The topological polar surface area (TPSA) is 87.3 Å². The van der Waals surface area contributed by atoms with Crippen molar-refractivity contribution in [1.29, 1.82) is 0 Å². The average Bonchev–Trinajstić information content (AvgIpc) is 3.37. The zero-order valence-electron chi connectivity index (χ0n) is 17.9. The molecule has 0 saturated heterocycles. The molecule has 1 aliphatic carbocycles. The van der Waals surface area contributed by atoms with Gasteiger partial charge in [0.2, 0.25) is 5.91 Å². The van der Waals surface area contributed by atoms with Crippen molar-refractivity contribution in [1.82, 2.24) is 0 Å². The molecule has 0 atom stereocenters. The van der Waals surface area contributed by atoms with Crippen LogP contribution < -0.4 is 16.0 Å². The van der Waals surface area contributed by atoms with Gasteiger partial charge in [0.15, 0.2) is 0 Å². The Hall–Kier alpha value is -3.52. The molecule has 1 fully saturated rings. The molecule has 0 unspecified atom stereocenters. The second-order valence-corrected chi connectivity index (χ2v) is 8.93. The van der Waals surface area contributed by atoms with E-state index in [1.807, 2.05) is 5.38 Å². The van der Waals surface area contributed by atoms with Gasteiger partial charge in [0.05, 0.1) is 10.6 Å². The fourth-order valence-electron chi connectivity index (χ4n) is 3.81. The van der Waals surface area contributed by atoms with Gasteiger partial charge in [-0.05, 0) is 66.8 Å². The summed E-state index contributed by atoms with van der Waals surface area (Å²) in [5.74, 6) is -1.44. The lowest BCUT2D eigenvalue weighted by atomic mass is 9.88. The van der Waals surface area contributed by atoms with Gasteiger partial charge in [-0.3, -0.25) is 14.4 Å². The van der Waals surface area contributed by atoms with Gasteiger partial charge >= 0.3 is 0 Å². The Morgan fingerprint density at radius 1 is 0.818 bits per heavy atom. The highest BCUT2D eigenvalue weighted by Crippen LogP contribution is 2.27. The summed E-state index contributed by atoms with van der Waals surface area (Å²) in [6, 6.07) is 14.1. The lowest BCUT2D eigenvalue weighted by Crippen LogP contribution is -2.25. The number of hydrogen-bond acceptors (Lipinski definition) is 4. The summed E-state index contributed by atoms with van der Waals surface area (Å²) in [5.41, 5.74) is 1.37. The van der Waals surface area contributed by atoms with E-state index >= 15 is 0 Å². The third-order valence-corrected chi connectivity index (χ3v) is 6.48. The molecule has 1 aliphatic rings. The highest BCUT2D eigenvalue weighted by molar-refractivity contribution is 7.12. The number of carbonyl (C=O) groups excluding carboxylic acids is 3. The van der Waals surface area contributed by atoms with E-state index < -0.39 is 5.82 Å². The Bertz CT molecular complexity index is 1140. The van der Waals surface area contributed by atoms with Crippen LogP contribution >= 0.6 is 11.3 Å². The van der Waals surface area contributed by atoms with Crippen LogP contribution in [0.3, 0.4) is 0 Å². The molecule has 4 rings (SSSR count). The molecule has 3 amide bonds. The molecule has 0 bridgehead atoms.